The van der Waals surface area contributed by atoms with Crippen LogP contribution in [0.3, 0.4) is 0 Å². The van der Waals surface area contributed by atoms with Crippen molar-refractivity contribution >= 4 is 22.8 Å². The highest BCUT2D eigenvalue weighted by Gasteiger charge is 2.17. The van der Waals surface area contributed by atoms with E-state index in [2.05, 4.69) is 21.5 Å². The number of pyridine rings is 1. The van der Waals surface area contributed by atoms with E-state index in [1.54, 1.807) is 34.3 Å². The first-order valence-electron chi connectivity index (χ1n) is 9.89. The molecule has 5 heterocycles. The molecule has 5 rings (SSSR count). The molecule has 1 aliphatic rings. The molecule has 0 amide bonds. The first kappa shape index (κ1) is 18.1. The average molecular weight is 404 g/mol. The third-order valence-electron chi connectivity index (χ3n) is 5.38. The summed E-state index contributed by atoms with van der Waals surface area (Å²) in [6.45, 7) is 1.06. The van der Waals surface area contributed by atoms with Gasteiger partial charge in [-0.3, -0.25) is 9.78 Å². The Morgan fingerprint density at radius 3 is 3.07 bits per heavy atom. The van der Waals surface area contributed by atoms with Crippen LogP contribution in [0, 0.1) is 0 Å². The van der Waals surface area contributed by atoms with Crippen molar-refractivity contribution in [2.75, 3.05) is 6.54 Å². The van der Waals surface area contributed by atoms with Crippen LogP contribution in [0.4, 0.5) is 0 Å². The molecule has 0 aliphatic carbocycles. The Balaban J connectivity index is 1.43. The van der Waals surface area contributed by atoms with Crippen molar-refractivity contribution < 1.29 is 4.79 Å². The van der Waals surface area contributed by atoms with Crippen molar-refractivity contribution in [2.45, 2.75) is 31.7 Å². The van der Waals surface area contributed by atoms with Crippen molar-refractivity contribution in [1.82, 2.24) is 24.9 Å². The lowest BCUT2D eigenvalue weighted by Crippen LogP contribution is -2.22. The molecular formula is C22H21N5OS. The molecule has 0 saturated carbocycles. The van der Waals surface area contributed by atoms with E-state index < -0.39 is 0 Å². The second-order valence-electron chi connectivity index (χ2n) is 7.30. The number of thiophene rings is 1. The Bertz CT molecular complexity index is 1150. The summed E-state index contributed by atoms with van der Waals surface area (Å²) in [6, 6.07) is 10.2. The Kier molecular flexibility index (Phi) is 4.91. The largest absolute Gasteiger partial charge is 0.314 e. The number of rotatable bonds is 6. The first-order chi connectivity index (χ1) is 14.3. The molecule has 4 aromatic heterocycles. The molecule has 0 unspecified atom stereocenters. The molecule has 0 spiro atoms. The predicted octanol–water partition coefficient (Wildman–Crippen LogP) is 4.23. The van der Waals surface area contributed by atoms with Gasteiger partial charge in [0.2, 0.25) is 0 Å². The van der Waals surface area contributed by atoms with Crippen molar-refractivity contribution in [3.63, 3.8) is 0 Å². The lowest BCUT2D eigenvalue weighted by Gasteiger charge is -2.09. The zero-order valence-electron chi connectivity index (χ0n) is 15.9. The first-order valence-corrected chi connectivity index (χ1v) is 10.8. The molecule has 29 heavy (non-hydrogen) atoms. The zero-order valence-corrected chi connectivity index (χ0v) is 16.7. The van der Waals surface area contributed by atoms with Gasteiger partial charge in [-0.05, 0) is 55.5 Å². The maximum Gasteiger partial charge on any atom is 0.165 e. The molecule has 146 valence electrons. The molecule has 0 radical (unpaired) electrons. The lowest BCUT2D eigenvalue weighted by atomic mass is 10.0. The number of hydrogen-bond acceptors (Lipinski definition) is 6. The molecule has 0 aromatic carbocycles. The molecule has 7 heteroatoms. The van der Waals surface area contributed by atoms with E-state index in [0.29, 0.717) is 18.0 Å². The van der Waals surface area contributed by atoms with Gasteiger partial charge in [-0.2, -0.15) is 5.10 Å². The molecule has 1 atom stereocenters. The van der Waals surface area contributed by atoms with E-state index in [0.717, 1.165) is 46.9 Å². The fourth-order valence-electron chi connectivity index (χ4n) is 3.82. The number of aromatic nitrogens is 4. The molecule has 1 saturated heterocycles. The number of Topliss-reactive ketones (excluding diaryl/α,β-unsaturated/α-hetero) is 1. The molecule has 1 fully saturated rings. The van der Waals surface area contributed by atoms with Crippen LogP contribution >= 0.6 is 11.3 Å². The van der Waals surface area contributed by atoms with Gasteiger partial charge in [0.25, 0.3) is 0 Å². The second kappa shape index (κ2) is 7.85. The Morgan fingerprint density at radius 2 is 2.24 bits per heavy atom. The van der Waals surface area contributed by atoms with Crippen LogP contribution in [-0.2, 0) is 0 Å². The topological polar surface area (TPSA) is 72.2 Å². The average Bonchev–Trinajstić information content (AvgIpc) is 3.53. The SMILES string of the molecule is O=C(CC[C@@H]1CCCN1)c1ccnc(-c2cnn3ccc(-c4cccs4)nc23)c1. The third kappa shape index (κ3) is 3.71. The maximum absolute atomic E-state index is 12.7. The number of ketones is 1. The van der Waals surface area contributed by atoms with Crippen LogP contribution < -0.4 is 5.32 Å². The highest BCUT2D eigenvalue weighted by molar-refractivity contribution is 7.13. The normalized spacial score (nSPS) is 16.5. The van der Waals surface area contributed by atoms with Gasteiger partial charge in [0.05, 0.1) is 28.0 Å². The van der Waals surface area contributed by atoms with Crippen LogP contribution in [0.2, 0.25) is 0 Å². The Labute approximate surface area is 172 Å². The summed E-state index contributed by atoms with van der Waals surface area (Å²) >= 11 is 1.65. The molecule has 4 aromatic rings. The van der Waals surface area contributed by atoms with E-state index in [-0.39, 0.29) is 5.78 Å². The summed E-state index contributed by atoms with van der Waals surface area (Å²) in [6.07, 6.45) is 9.17. The van der Waals surface area contributed by atoms with Gasteiger partial charge < -0.3 is 5.32 Å². The van der Waals surface area contributed by atoms with E-state index in [4.69, 9.17) is 4.98 Å². The second-order valence-corrected chi connectivity index (χ2v) is 8.25. The summed E-state index contributed by atoms with van der Waals surface area (Å²) in [7, 11) is 0. The van der Waals surface area contributed by atoms with Crippen LogP contribution in [0.5, 0.6) is 0 Å². The summed E-state index contributed by atoms with van der Waals surface area (Å²) in [5.74, 6) is 0.158. The minimum atomic E-state index is 0.158. The minimum absolute atomic E-state index is 0.158. The zero-order chi connectivity index (χ0) is 19.6. The maximum atomic E-state index is 12.7. The van der Waals surface area contributed by atoms with Crippen LogP contribution in [0.1, 0.15) is 36.0 Å². The highest BCUT2D eigenvalue weighted by atomic mass is 32.1. The molecule has 0 bridgehead atoms. The van der Waals surface area contributed by atoms with E-state index in [1.807, 2.05) is 29.8 Å². The molecule has 1 N–H and O–H groups in total. The van der Waals surface area contributed by atoms with E-state index in [1.165, 1.54) is 6.42 Å². The summed E-state index contributed by atoms with van der Waals surface area (Å²) in [5, 5.41) is 9.89. The Hall–Kier alpha value is -2.90. The highest BCUT2D eigenvalue weighted by Crippen LogP contribution is 2.27. The van der Waals surface area contributed by atoms with E-state index in [9.17, 15) is 4.79 Å². The van der Waals surface area contributed by atoms with Gasteiger partial charge in [0.1, 0.15) is 0 Å². The number of fused-ring (bicyclic) bond motifs is 1. The fourth-order valence-corrected chi connectivity index (χ4v) is 4.51. The van der Waals surface area contributed by atoms with E-state index >= 15 is 0 Å². The smallest absolute Gasteiger partial charge is 0.165 e. The number of nitrogens with one attached hydrogen (secondary N) is 1. The molecule has 1 aliphatic heterocycles. The monoisotopic (exact) mass is 403 g/mol. The van der Waals surface area contributed by atoms with Gasteiger partial charge in [0, 0.05) is 30.4 Å². The van der Waals surface area contributed by atoms with Gasteiger partial charge in [-0.1, -0.05) is 6.07 Å². The minimum Gasteiger partial charge on any atom is -0.314 e. The number of carbonyl (C=O) groups is 1. The predicted molar refractivity (Wildman–Crippen MR) is 114 cm³/mol. The standard InChI is InChI=1S/C22H21N5OS/c28-20(6-5-16-3-1-9-23-16)15-7-10-24-19(13-15)17-14-25-27-11-8-18(26-22(17)27)21-4-2-12-29-21/h2,4,7-8,10-14,16,23H,1,3,5-6,9H2/t16-/m0/s1. The van der Waals surface area contributed by atoms with Gasteiger partial charge in [0.15, 0.2) is 11.4 Å². The summed E-state index contributed by atoms with van der Waals surface area (Å²) in [5.41, 5.74) is 3.90. The van der Waals surface area contributed by atoms with Gasteiger partial charge in [-0.15, -0.1) is 11.3 Å². The summed E-state index contributed by atoms with van der Waals surface area (Å²) in [4.78, 5) is 23.1. The Morgan fingerprint density at radius 1 is 1.28 bits per heavy atom. The molecular weight excluding hydrogens is 382 g/mol. The van der Waals surface area contributed by atoms with Gasteiger partial charge >= 0.3 is 0 Å². The van der Waals surface area contributed by atoms with Gasteiger partial charge in [-0.25, -0.2) is 9.50 Å². The van der Waals surface area contributed by atoms with Crippen molar-refractivity contribution in [1.29, 1.82) is 0 Å². The van der Waals surface area contributed by atoms with Crippen molar-refractivity contribution in [2.24, 2.45) is 0 Å². The third-order valence-corrected chi connectivity index (χ3v) is 6.28. The number of carbonyl (C=O) groups excluding carboxylic acids is 1. The summed E-state index contributed by atoms with van der Waals surface area (Å²) < 4.78 is 1.74. The van der Waals surface area contributed by atoms with Crippen molar-refractivity contribution in [3.05, 3.63) is 59.9 Å². The van der Waals surface area contributed by atoms with Crippen LogP contribution in [0.25, 0.3) is 27.5 Å². The lowest BCUT2D eigenvalue weighted by molar-refractivity contribution is 0.0976. The quantitative estimate of drug-likeness (QED) is 0.488. The number of nitrogens with zero attached hydrogens (tertiary/aromatic N) is 4. The molecule has 6 nitrogen and oxygen atoms in total. The van der Waals surface area contributed by atoms with Crippen LogP contribution in [0.15, 0.2) is 54.3 Å². The fraction of sp³-hybridized carbons (Fsp3) is 0.273. The number of hydrogen-bond donors (Lipinski definition) is 1. The van der Waals surface area contributed by atoms with Crippen LogP contribution in [-0.4, -0.2) is 38.0 Å². The van der Waals surface area contributed by atoms with Crippen molar-refractivity contribution in [3.8, 4) is 21.8 Å².